The van der Waals surface area contributed by atoms with Gasteiger partial charge >= 0.3 is 0 Å². The van der Waals surface area contributed by atoms with Crippen molar-refractivity contribution in [3.8, 4) is 16.9 Å². The molecule has 0 unspecified atom stereocenters. The van der Waals surface area contributed by atoms with Crippen LogP contribution >= 0.6 is 11.3 Å². The molecule has 0 atom stereocenters. The van der Waals surface area contributed by atoms with Gasteiger partial charge in [-0.2, -0.15) is 5.10 Å². The molecule has 0 aliphatic heterocycles. The highest BCUT2D eigenvalue weighted by Crippen LogP contribution is 2.32. The summed E-state index contributed by atoms with van der Waals surface area (Å²) in [5, 5.41) is 8.23. The molecule has 2 aromatic carbocycles. The lowest BCUT2D eigenvalue weighted by molar-refractivity contribution is 0.415. The molecule has 0 radical (unpaired) electrons. The van der Waals surface area contributed by atoms with Crippen LogP contribution < -0.4 is 10.3 Å². The zero-order chi connectivity index (χ0) is 20.5. The Bertz CT molecular complexity index is 1400. The fraction of sp³-hybridized carbons (Fsp3) is 0.125. The van der Waals surface area contributed by atoms with Crippen molar-refractivity contribution in [2.24, 2.45) is 0 Å². The van der Waals surface area contributed by atoms with Gasteiger partial charge in [0.05, 0.1) is 35.5 Å². The molecule has 30 heavy (non-hydrogen) atoms. The first-order valence-corrected chi connectivity index (χ1v) is 10.6. The van der Waals surface area contributed by atoms with Crippen molar-refractivity contribution in [1.29, 1.82) is 0 Å². The standard InChI is InChI=1S/C24H19N3O2S/c1-29-19-10-7-16(8-11-19)20-15-30-22-14-25-27(24(28)23(20)22)13-12-18-9-6-17-4-2-3-5-21(17)26-18/h2-11,14-15H,12-13H2,1H3. The topological polar surface area (TPSA) is 57.0 Å². The minimum atomic E-state index is -0.0691. The zero-order valence-corrected chi connectivity index (χ0v) is 17.2. The molecule has 5 rings (SSSR count). The molecule has 0 saturated heterocycles. The minimum Gasteiger partial charge on any atom is -0.497 e. The molecule has 0 N–H and O–H groups in total. The van der Waals surface area contributed by atoms with Crippen molar-refractivity contribution in [1.82, 2.24) is 14.8 Å². The van der Waals surface area contributed by atoms with Gasteiger partial charge in [-0.1, -0.05) is 36.4 Å². The van der Waals surface area contributed by atoms with Gasteiger partial charge < -0.3 is 4.74 Å². The normalized spacial score (nSPS) is 11.2. The highest BCUT2D eigenvalue weighted by Gasteiger charge is 2.13. The van der Waals surface area contributed by atoms with E-state index in [-0.39, 0.29) is 5.56 Å². The van der Waals surface area contributed by atoms with Crippen molar-refractivity contribution in [3.63, 3.8) is 0 Å². The third kappa shape index (κ3) is 3.35. The number of methoxy groups -OCH3 is 1. The summed E-state index contributed by atoms with van der Waals surface area (Å²) in [5.74, 6) is 0.792. The van der Waals surface area contributed by atoms with Crippen LogP contribution in [0.2, 0.25) is 0 Å². The molecule has 0 aliphatic carbocycles. The van der Waals surface area contributed by atoms with Gasteiger partial charge in [0.25, 0.3) is 5.56 Å². The summed E-state index contributed by atoms with van der Waals surface area (Å²) < 4.78 is 7.67. The first-order valence-electron chi connectivity index (χ1n) is 9.69. The van der Waals surface area contributed by atoms with Crippen LogP contribution in [0.15, 0.2) is 77.0 Å². The second-order valence-corrected chi connectivity index (χ2v) is 7.95. The Kier molecular flexibility index (Phi) is 4.77. The maximum Gasteiger partial charge on any atom is 0.276 e. The molecule has 5 aromatic rings. The lowest BCUT2D eigenvalue weighted by atomic mass is 10.1. The number of pyridine rings is 1. The van der Waals surface area contributed by atoms with Gasteiger partial charge in [0.2, 0.25) is 0 Å². The highest BCUT2D eigenvalue weighted by atomic mass is 32.1. The van der Waals surface area contributed by atoms with Crippen LogP contribution in [-0.2, 0) is 13.0 Å². The van der Waals surface area contributed by atoms with E-state index >= 15 is 0 Å². The second kappa shape index (κ2) is 7.72. The molecule has 5 nitrogen and oxygen atoms in total. The van der Waals surface area contributed by atoms with Gasteiger partial charge in [-0.25, -0.2) is 4.68 Å². The van der Waals surface area contributed by atoms with E-state index in [1.165, 1.54) is 11.3 Å². The molecule has 0 amide bonds. The Hall–Kier alpha value is -3.51. The van der Waals surface area contributed by atoms with Crippen molar-refractivity contribution in [2.75, 3.05) is 7.11 Å². The van der Waals surface area contributed by atoms with Crippen LogP contribution in [0.1, 0.15) is 5.69 Å². The predicted octanol–water partition coefficient (Wildman–Crippen LogP) is 4.92. The molecule has 0 saturated carbocycles. The quantitative estimate of drug-likeness (QED) is 0.410. The van der Waals surface area contributed by atoms with Crippen LogP contribution in [0.5, 0.6) is 5.75 Å². The molecule has 3 heterocycles. The van der Waals surface area contributed by atoms with E-state index in [0.717, 1.165) is 38.2 Å². The lowest BCUT2D eigenvalue weighted by Crippen LogP contribution is -2.23. The maximum atomic E-state index is 13.2. The minimum absolute atomic E-state index is 0.0691. The Balaban J connectivity index is 1.47. The molecule has 3 aromatic heterocycles. The molecular formula is C24H19N3O2S. The van der Waals surface area contributed by atoms with E-state index in [9.17, 15) is 4.79 Å². The van der Waals surface area contributed by atoms with Crippen LogP contribution in [0.25, 0.3) is 32.1 Å². The van der Waals surface area contributed by atoms with Gasteiger partial charge in [0.15, 0.2) is 0 Å². The Morgan fingerprint density at radius 1 is 1.03 bits per heavy atom. The number of hydrogen-bond acceptors (Lipinski definition) is 5. The fourth-order valence-corrected chi connectivity index (χ4v) is 4.52. The van der Waals surface area contributed by atoms with E-state index in [1.54, 1.807) is 18.0 Å². The number of aryl methyl sites for hydroxylation is 2. The highest BCUT2D eigenvalue weighted by molar-refractivity contribution is 7.17. The summed E-state index contributed by atoms with van der Waals surface area (Å²) in [6.07, 6.45) is 2.42. The SMILES string of the molecule is COc1ccc(-c2csc3cnn(CCc4ccc5ccccc5n4)c(=O)c23)cc1. The number of thiophene rings is 1. The maximum absolute atomic E-state index is 13.2. The second-order valence-electron chi connectivity index (χ2n) is 7.04. The fourth-order valence-electron chi connectivity index (χ4n) is 3.60. The van der Waals surface area contributed by atoms with Crippen LogP contribution in [-0.4, -0.2) is 21.9 Å². The van der Waals surface area contributed by atoms with Crippen molar-refractivity contribution in [3.05, 3.63) is 88.3 Å². The summed E-state index contributed by atoms with van der Waals surface area (Å²) in [6.45, 7) is 0.484. The zero-order valence-electron chi connectivity index (χ0n) is 16.4. The first kappa shape index (κ1) is 18.5. The molecule has 0 spiro atoms. The molecule has 148 valence electrons. The van der Waals surface area contributed by atoms with E-state index in [0.29, 0.717) is 18.4 Å². The number of fused-ring (bicyclic) bond motifs is 2. The first-order chi connectivity index (χ1) is 14.7. The average Bonchev–Trinajstić information content (AvgIpc) is 3.23. The van der Waals surface area contributed by atoms with Gasteiger partial charge in [0, 0.05) is 28.4 Å². The number of rotatable bonds is 5. The Labute approximate surface area is 177 Å². The van der Waals surface area contributed by atoms with Crippen LogP contribution in [0.3, 0.4) is 0 Å². The van der Waals surface area contributed by atoms with Crippen LogP contribution in [0.4, 0.5) is 0 Å². The van der Waals surface area contributed by atoms with Crippen molar-refractivity contribution >= 4 is 32.3 Å². The summed E-state index contributed by atoms with van der Waals surface area (Å²) in [4.78, 5) is 17.9. The number of benzene rings is 2. The lowest BCUT2D eigenvalue weighted by Gasteiger charge is -2.07. The molecule has 6 heteroatoms. The summed E-state index contributed by atoms with van der Waals surface area (Å²) >= 11 is 1.54. The number of aromatic nitrogens is 3. The largest absolute Gasteiger partial charge is 0.497 e. The summed E-state index contributed by atoms with van der Waals surface area (Å²) in [6, 6.07) is 19.9. The number of hydrogen-bond donors (Lipinski definition) is 0. The van der Waals surface area contributed by atoms with Gasteiger partial charge in [-0.3, -0.25) is 9.78 Å². The summed E-state index contributed by atoms with van der Waals surface area (Å²) in [7, 11) is 1.64. The third-order valence-corrected chi connectivity index (χ3v) is 6.14. The molecule has 0 bridgehead atoms. The van der Waals surface area contributed by atoms with E-state index < -0.39 is 0 Å². The van der Waals surface area contributed by atoms with Crippen molar-refractivity contribution in [2.45, 2.75) is 13.0 Å². The van der Waals surface area contributed by atoms with Gasteiger partial charge in [-0.05, 0) is 29.8 Å². The smallest absolute Gasteiger partial charge is 0.276 e. The van der Waals surface area contributed by atoms with E-state index in [4.69, 9.17) is 9.72 Å². The number of para-hydroxylation sites is 1. The molecule has 0 aliphatic rings. The van der Waals surface area contributed by atoms with Crippen LogP contribution in [0, 0.1) is 0 Å². The van der Waals surface area contributed by atoms with E-state index in [1.807, 2.05) is 60.0 Å². The monoisotopic (exact) mass is 413 g/mol. The Morgan fingerprint density at radius 3 is 2.70 bits per heavy atom. The summed E-state index contributed by atoms with van der Waals surface area (Å²) in [5.41, 5.74) is 3.77. The number of nitrogens with zero attached hydrogens (tertiary/aromatic N) is 3. The van der Waals surface area contributed by atoms with E-state index in [2.05, 4.69) is 11.2 Å². The van der Waals surface area contributed by atoms with Gasteiger partial charge in [0.1, 0.15) is 5.75 Å². The number of ether oxygens (including phenoxy) is 1. The Morgan fingerprint density at radius 2 is 1.87 bits per heavy atom. The van der Waals surface area contributed by atoms with Crippen molar-refractivity contribution < 1.29 is 4.74 Å². The third-order valence-electron chi connectivity index (χ3n) is 5.22. The van der Waals surface area contributed by atoms with Gasteiger partial charge in [-0.15, -0.1) is 11.3 Å². The predicted molar refractivity (Wildman–Crippen MR) is 121 cm³/mol. The molecule has 0 fully saturated rings. The average molecular weight is 414 g/mol. The molecular weight excluding hydrogens is 394 g/mol.